The van der Waals surface area contributed by atoms with Crippen LogP contribution >= 0.6 is 0 Å². The van der Waals surface area contributed by atoms with Crippen molar-refractivity contribution in [3.05, 3.63) is 59.7 Å². The van der Waals surface area contributed by atoms with Crippen LogP contribution in [0.3, 0.4) is 0 Å². The number of hydrogen-bond donors (Lipinski definition) is 2. The number of amides is 1. The quantitative estimate of drug-likeness (QED) is 0.886. The lowest BCUT2D eigenvalue weighted by atomic mass is 10.1. The summed E-state index contributed by atoms with van der Waals surface area (Å²) < 4.78 is 5.74. The minimum absolute atomic E-state index is 0.120. The van der Waals surface area contributed by atoms with Gasteiger partial charge < -0.3 is 15.2 Å². The molecule has 2 N–H and O–H groups in total. The van der Waals surface area contributed by atoms with Crippen LogP contribution in [0.1, 0.15) is 36.7 Å². The number of carbonyl (C=O) groups excluding carboxylic acids is 1. The number of carbonyl (C=O) groups is 1. The smallest absolute Gasteiger partial charge is 0.255 e. The van der Waals surface area contributed by atoms with Crippen molar-refractivity contribution in [2.75, 3.05) is 11.9 Å². The van der Waals surface area contributed by atoms with E-state index in [1.807, 2.05) is 45.0 Å². The predicted octanol–water partition coefficient (Wildman–Crippen LogP) is 3.65. The number of benzene rings is 2. The Balaban J connectivity index is 2.00. The highest BCUT2D eigenvalue weighted by Gasteiger charge is 2.12. The molecule has 0 heterocycles. The third kappa shape index (κ3) is 5.42. The van der Waals surface area contributed by atoms with Crippen molar-refractivity contribution >= 4 is 11.6 Å². The molecule has 0 aromatic heterocycles. The Morgan fingerprint density at radius 3 is 2.17 bits per heavy atom. The van der Waals surface area contributed by atoms with Gasteiger partial charge in [-0.05, 0) is 69.2 Å². The first-order valence-electron chi connectivity index (χ1n) is 7.67. The van der Waals surface area contributed by atoms with Crippen molar-refractivity contribution in [2.24, 2.45) is 0 Å². The van der Waals surface area contributed by atoms with E-state index in [0.717, 1.165) is 17.0 Å². The van der Waals surface area contributed by atoms with Gasteiger partial charge in [0.15, 0.2) is 0 Å². The molecule has 0 bridgehead atoms. The minimum atomic E-state index is -0.264. The lowest BCUT2D eigenvalue weighted by molar-refractivity contribution is 0.102. The summed E-state index contributed by atoms with van der Waals surface area (Å²) in [6, 6.07) is 14.5. The molecule has 0 radical (unpaired) electrons. The van der Waals surface area contributed by atoms with Crippen LogP contribution < -0.4 is 10.1 Å². The van der Waals surface area contributed by atoms with Gasteiger partial charge in [-0.3, -0.25) is 4.79 Å². The second-order valence-electron chi connectivity index (χ2n) is 6.36. The number of anilines is 1. The molecule has 0 aliphatic heterocycles. The van der Waals surface area contributed by atoms with Crippen LogP contribution in [0.2, 0.25) is 0 Å². The van der Waals surface area contributed by atoms with Crippen LogP contribution in [0.15, 0.2) is 48.5 Å². The molecular formula is C19H23NO3. The molecule has 0 spiro atoms. The summed E-state index contributed by atoms with van der Waals surface area (Å²) >= 11 is 0. The molecule has 0 saturated carbocycles. The highest BCUT2D eigenvalue weighted by molar-refractivity contribution is 6.04. The first-order chi connectivity index (χ1) is 10.9. The summed E-state index contributed by atoms with van der Waals surface area (Å²) in [6.07, 6.45) is 0.615. The van der Waals surface area contributed by atoms with E-state index in [0.29, 0.717) is 12.0 Å². The van der Waals surface area contributed by atoms with Gasteiger partial charge in [-0.15, -0.1) is 0 Å². The molecule has 0 unspecified atom stereocenters. The Morgan fingerprint density at radius 2 is 1.65 bits per heavy atom. The SMILES string of the molecule is CC(C)(C)Oc1ccc(C(=O)Nc2ccc(CCO)cc2)cc1. The fourth-order valence-corrected chi connectivity index (χ4v) is 2.12. The number of aliphatic hydroxyl groups excluding tert-OH is 1. The van der Waals surface area contributed by atoms with Gasteiger partial charge in [0.2, 0.25) is 0 Å². The lowest BCUT2D eigenvalue weighted by Crippen LogP contribution is -2.23. The van der Waals surface area contributed by atoms with Gasteiger partial charge in [-0.2, -0.15) is 0 Å². The number of nitrogens with one attached hydrogen (secondary N) is 1. The van der Waals surface area contributed by atoms with Crippen LogP contribution in [0.4, 0.5) is 5.69 Å². The van der Waals surface area contributed by atoms with Crippen molar-refractivity contribution in [1.82, 2.24) is 0 Å². The van der Waals surface area contributed by atoms with Crippen molar-refractivity contribution in [1.29, 1.82) is 0 Å². The van der Waals surface area contributed by atoms with Crippen LogP contribution in [0.5, 0.6) is 5.75 Å². The summed E-state index contributed by atoms with van der Waals surface area (Å²) in [7, 11) is 0. The number of aliphatic hydroxyl groups is 1. The maximum absolute atomic E-state index is 12.2. The largest absolute Gasteiger partial charge is 0.488 e. The average Bonchev–Trinajstić information content (AvgIpc) is 2.48. The summed E-state index contributed by atoms with van der Waals surface area (Å²) in [5.74, 6) is 0.574. The van der Waals surface area contributed by atoms with Crippen LogP contribution in [-0.4, -0.2) is 23.2 Å². The van der Waals surface area contributed by atoms with E-state index >= 15 is 0 Å². The minimum Gasteiger partial charge on any atom is -0.488 e. The third-order valence-corrected chi connectivity index (χ3v) is 3.15. The molecule has 4 heteroatoms. The van der Waals surface area contributed by atoms with Gasteiger partial charge in [0.25, 0.3) is 5.91 Å². The number of ether oxygens (including phenoxy) is 1. The van der Waals surface area contributed by atoms with Crippen molar-refractivity contribution in [3.8, 4) is 5.75 Å². The second kappa shape index (κ2) is 7.29. The Hall–Kier alpha value is -2.33. The second-order valence-corrected chi connectivity index (χ2v) is 6.36. The third-order valence-electron chi connectivity index (χ3n) is 3.15. The van der Waals surface area contributed by atoms with Gasteiger partial charge in [-0.1, -0.05) is 12.1 Å². The zero-order valence-corrected chi connectivity index (χ0v) is 13.8. The predicted molar refractivity (Wildman–Crippen MR) is 92.0 cm³/mol. The molecule has 122 valence electrons. The molecule has 0 fully saturated rings. The Morgan fingerprint density at radius 1 is 1.04 bits per heavy atom. The lowest BCUT2D eigenvalue weighted by Gasteiger charge is -2.21. The average molecular weight is 313 g/mol. The fourth-order valence-electron chi connectivity index (χ4n) is 2.12. The van der Waals surface area contributed by atoms with E-state index < -0.39 is 0 Å². The Kier molecular flexibility index (Phi) is 5.40. The number of hydrogen-bond acceptors (Lipinski definition) is 3. The molecule has 23 heavy (non-hydrogen) atoms. The van der Waals surface area contributed by atoms with Crippen molar-refractivity contribution in [2.45, 2.75) is 32.8 Å². The Labute approximate surface area is 137 Å². The van der Waals surface area contributed by atoms with Crippen LogP contribution in [-0.2, 0) is 6.42 Å². The molecule has 2 aromatic rings. The number of rotatable bonds is 5. The van der Waals surface area contributed by atoms with Crippen molar-refractivity contribution < 1.29 is 14.6 Å². The van der Waals surface area contributed by atoms with Gasteiger partial charge in [0.1, 0.15) is 11.4 Å². The summed E-state index contributed by atoms with van der Waals surface area (Å²) in [5, 5.41) is 11.7. The molecule has 0 saturated heterocycles. The van der Waals surface area contributed by atoms with Gasteiger partial charge >= 0.3 is 0 Å². The van der Waals surface area contributed by atoms with E-state index in [1.54, 1.807) is 24.3 Å². The normalized spacial score (nSPS) is 11.1. The molecular weight excluding hydrogens is 290 g/mol. The zero-order valence-electron chi connectivity index (χ0n) is 13.8. The standard InChI is InChI=1S/C19H23NO3/c1-19(2,3)23-17-10-6-15(7-11-17)18(22)20-16-8-4-14(5-9-16)12-13-21/h4-11,21H,12-13H2,1-3H3,(H,20,22). The van der Waals surface area contributed by atoms with Crippen LogP contribution in [0, 0.1) is 0 Å². The first-order valence-corrected chi connectivity index (χ1v) is 7.67. The van der Waals surface area contributed by atoms with Crippen LogP contribution in [0.25, 0.3) is 0 Å². The van der Waals surface area contributed by atoms with E-state index in [2.05, 4.69) is 5.32 Å². The van der Waals surface area contributed by atoms with E-state index in [9.17, 15) is 4.79 Å². The molecule has 0 aliphatic carbocycles. The van der Waals surface area contributed by atoms with E-state index in [-0.39, 0.29) is 18.1 Å². The molecule has 0 atom stereocenters. The highest BCUT2D eigenvalue weighted by Crippen LogP contribution is 2.19. The van der Waals surface area contributed by atoms with E-state index in [4.69, 9.17) is 9.84 Å². The maximum atomic E-state index is 12.2. The van der Waals surface area contributed by atoms with Gasteiger partial charge in [0.05, 0.1) is 0 Å². The molecule has 4 nitrogen and oxygen atoms in total. The molecule has 0 aliphatic rings. The summed E-state index contributed by atoms with van der Waals surface area (Å²) in [6.45, 7) is 6.06. The summed E-state index contributed by atoms with van der Waals surface area (Å²) in [4.78, 5) is 12.2. The fraction of sp³-hybridized carbons (Fsp3) is 0.316. The first kappa shape index (κ1) is 17.0. The molecule has 2 aromatic carbocycles. The molecule has 1 amide bonds. The molecule has 2 rings (SSSR count). The van der Waals surface area contributed by atoms with Crippen molar-refractivity contribution in [3.63, 3.8) is 0 Å². The van der Waals surface area contributed by atoms with Gasteiger partial charge in [-0.25, -0.2) is 0 Å². The highest BCUT2D eigenvalue weighted by atomic mass is 16.5. The summed E-state index contributed by atoms with van der Waals surface area (Å²) in [5.41, 5.74) is 2.08. The zero-order chi connectivity index (χ0) is 16.9. The Bertz CT molecular complexity index is 640. The monoisotopic (exact) mass is 313 g/mol. The van der Waals surface area contributed by atoms with E-state index in [1.165, 1.54) is 0 Å². The van der Waals surface area contributed by atoms with Gasteiger partial charge in [0, 0.05) is 17.9 Å². The maximum Gasteiger partial charge on any atom is 0.255 e. The topological polar surface area (TPSA) is 58.6 Å².